The molecule has 0 heterocycles. The molecule has 0 fully saturated rings. The van der Waals surface area contributed by atoms with E-state index in [1.807, 2.05) is 6.07 Å². The minimum Gasteiger partial charge on any atom is -0.744 e. The van der Waals surface area contributed by atoms with Crippen LogP contribution in [-0.2, 0) is 40.5 Å². The van der Waals surface area contributed by atoms with Gasteiger partial charge < -0.3 is 23.5 Å². The number of hydrazone groups is 1. The van der Waals surface area contributed by atoms with Crippen molar-refractivity contribution in [1.29, 1.82) is 0 Å². The van der Waals surface area contributed by atoms with Gasteiger partial charge in [0, 0.05) is 38.5 Å². The first kappa shape index (κ1) is 59.1. The van der Waals surface area contributed by atoms with Crippen LogP contribution in [0.2, 0.25) is 0 Å². The molecule has 0 saturated carbocycles. The molecule has 0 atom stereocenters. The SMILES string of the molecule is O=C1/C(=N\Nc2ccc(N=Nc3ccc(N=Nc4cccc(S(=O)(=O)[O-])c4)c4cc(S(=O)(=O)[O-])ccc34)c3cc(S(=O)(=O)[O-])ccc23)C(S(=O)(=O)[O-])=Cc2cc(Nc3ccccc3)ccc21.[Na+].[Na+].[Na+].[Na+]. The third kappa shape index (κ3) is 13.6. The van der Waals surface area contributed by atoms with Gasteiger partial charge in [-0.2, -0.15) is 10.2 Å². The summed E-state index contributed by atoms with van der Waals surface area (Å²) in [5, 5.41) is 24.0. The normalized spacial score (nSPS) is 13.5. The summed E-state index contributed by atoms with van der Waals surface area (Å²) in [5.41, 5.74) is 3.13. The smallest absolute Gasteiger partial charge is 0.744 e. The van der Waals surface area contributed by atoms with E-state index in [0.29, 0.717) is 11.4 Å². The topological polar surface area (TPSA) is 332 Å². The maximum absolute atomic E-state index is 13.7. The van der Waals surface area contributed by atoms with Crippen molar-refractivity contribution in [2.24, 2.45) is 25.6 Å². The van der Waals surface area contributed by atoms with Crippen LogP contribution in [0.4, 0.5) is 39.8 Å². The number of hydrogen-bond donors (Lipinski definition) is 2. The van der Waals surface area contributed by atoms with Crippen LogP contribution in [0.3, 0.4) is 0 Å². The first-order chi connectivity index (χ1) is 31.1. The van der Waals surface area contributed by atoms with E-state index in [2.05, 4.69) is 36.3 Å². The molecular formula is C42H25N7Na4O13S4. The van der Waals surface area contributed by atoms with Crippen LogP contribution in [0.1, 0.15) is 15.9 Å². The third-order valence-electron chi connectivity index (χ3n) is 9.78. The number of ketones is 1. The molecule has 334 valence electrons. The average molecular weight is 1060 g/mol. The number of azo groups is 2. The Kier molecular flexibility index (Phi) is 20.0. The summed E-state index contributed by atoms with van der Waals surface area (Å²) in [6.07, 6.45) is 1.02. The van der Waals surface area contributed by atoms with Crippen molar-refractivity contribution < 1.29 is 175 Å². The minimum atomic E-state index is -5.30. The second-order valence-corrected chi connectivity index (χ2v) is 19.6. The van der Waals surface area contributed by atoms with Gasteiger partial charge in [-0.3, -0.25) is 10.2 Å². The van der Waals surface area contributed by atoms with Crippen LogP contribution in [0.15, 0.2) is 179 Å². The molecule has 0 bridgehead atoms. The predicted molar refractivity (Wildman–Crippen MR) is 236 cm³/mol. The molecule has 0 saturated heterocycles. The Labute approximate surface area is 488 Å². The first-order valence-corrected chi connectivity index (χ1v) is 24.2. The summed E-state index contributed by atoms with van der Waals surface area (Å²) in [7, 11) is -20.2. The van der Waals surface area contributed by atoms with Gasteiger partial charge in [0.1, 0.15) is 46.2 Å². The van der Waals surface area contributed by atoms with E-state index >= 15 is 0 Å². The monoisotopic (exact) mass is 1050 g/mol. The van der Waals surface area contributed by atoms with Crippen LogP contribution in [0.25, 0.3) is 27.6 Å². The van der Waals surface area contributed by atoms with Gasteiger partial charge in [0.25, 0.3) is 0 Å². The molecule has 0 aliphatic heterocycles. The van der Waals surface area contributed by atoms with Crippen molar-refractivity contribution in [1.82, 2.24) is 0 Å². The fourth-order valence-corrected chi connectivity index (χ4v) is 8.87. The van der Waals surface area contributed by atoms with E-state index in [-0.39, 0.29) is 179 Å². The standard InChI is InChI=1S/C42H29N7O13S4.4Na/c50-42-31-12-9-26(43-25-5-2-1-3-6-25)19-24(31)20-40(66(60,61)62)41(42)49-48-37-16-18-39(35-23-30(65(57,58)59)11-14-33(35)37)47-46-36-15-17-38(34-22-29(64(54,55)56)10-13-32(34)36)45-44-27-7-4-8-28(21-27)63(51,52)53;;;;/h1-23,43,48H,(H,51,52,53)(H,54,55,56)(H,57,58,59)(H,60,61,62);;;;/q;4*+1/p-4/b45-44?,47-46?,49-41-;;;;. The Morgan fingerprint density at radius 1 is 0.443 bits per heavy atom. The van der Waals surface area contributed by atoms with E-state index in [1.165, 1.54) is 60.7 Å². The molecule has 8 rings (SSSR count). The summed E-state index contributed by atoms with van der Waals surface area (Å²) in [6, 6.07) is 29.9. The van der Waals surface area contributed by atoms with Gasteiger partial charge in [-0.15, -0.1) is 15.3 Å². The Morgan fingerprint density at radius 2 is 0.971 bits per heavy atom. The summed E-state index contributed by atoms with van der Waals surface area (Å²) in [4.78, 5) is 10.9. The number of carbonyl (C=O) groups excluding carboxylic acids is 1. The minimum absolute atomic E-state index is 0. The van der Waals surface area contributed by atoms with Gasteiger partial charge in [-0.25, -0.2) is 33.7 Å². The number of nitrogens with one attached hydrogen (secondary N) is 2. The second kappa shape index (κ2) is 23.6. The molecule has 1 aliphatic rings. The van der Waals surface area contributed by atoms with Gasteiger partial charge in [0.15, 0.2) is 0 Å². The molecule has 28 heteroatoms. The molecule has 0 aromatic heterocycles. The van der Waals surface area contributed by atoms with E-state index < -0.39 is 71.6 Å². The fourth-order valence-electron chi connectivity index (χ4n) is 6.72. The Bertz CT molecular complexity index is 3810. The van der Waals surface area contributed by atoms with Crippen LogP contribution < -0.4 is 129 Å². The van der Waals surface area contributed by atoms with E-state index in [9.17, 15) is 56.7 Å². The molecule has 0 spiro atoms. The van der Waals surface area contributed by atoms with Crippen molar-refractivity contribution >= 4 is 119 Å². The summed E-state index contributed by atoms with van der Waals surface area (Å²) in [6.45, 7) is 0. The molecule has 2 N–H and O–H groups in total. The molecule has 20 nitrogen and oxygen atoms in total. The fraction of sp³-hybridized carbons (Fsp3) is 0. The number of Topliss-reactive ketones (excluding diaryl/α,β-unsaturated/α-hetero) is 1. The number of para-hydroxylation sites is 1. The number of carbonyl (C=O) groups is 1. The number of rotatable bonds is 12. The number of benzene rings is 7. The molecule has 7 aromatic carbocycles. The van der Waals surface area contributed by atoms with Crippen LogP contribution in [-0.4, -0.2) is 63.4 Å². The Hall–Kier alpha value is -3.42. The molecule has 0 radical (unpaired) electrons. The zero-order chi connectivity index (χ0) is 47.2. The first-order valence-electron chi connectivity index (χ1n) is 18.6. The van der Waals surface area contributed by atoms with E-state index in [4.69, 9.17) is 0 Å². The molecule has 1 aliphatic carbocycles. The summed E-state index contributed by atoms with van der Waals surface area (Å²) in [5.74, 6) is -0.904. The zero-order valence-corrected chi connectivity index (χ0v) is 48.2. The Balaban J connectivity index is 0.00000266. The maximum atomic E-state index is 13.7. The Morgan fingerprint density at radius 3 is 1.56 bits per heavy atom. The maximum Gasteiger partial charge on any atom is 1.00 e. The zero-order valence-electron chi connectivity index (χ0n) is 37.0. The van der Waals surface area contributed by atoms with Crippen molar-refractivity contribution in [3.63, 3.8) is 0 Å². The van der Waals surface area contributed by atoms with Crippen LogP contribution in [0, 0.1) is 0 Å². The van der Waals surface area contributed by atoms with Crippen LogP contribution >= 0.6 is 0 Å². The number of allylic oxidation sites excluding steroid dienone is 1. The number of nitrogens with zero attached hydrogens (tertiary/aromatic N) is 5. The largest absolute Gasteiger partial charge is 1.00 e. The van der Waals surface area contributed by atoms with E-state index in [1.54, 1.807) is 30.3 Å². The molecule has 70 heavy (non-hydrogen) atoms. The van der Waals surface area contributed by atoms with Crippen LogP contribution in [0.5, 0.6) is 0 Å². The quantitative estimate of drug-likeness (QED) is 0.0508. The molecule has 0 unspecified atom stereocenters. The molecule has 7 aromatic rings. The van der Waals surface area contributed by atoms with E-state index in [0.717, 1.165) is 42.5 Å². The van der Waals surface area contributed by atoms with Gasteiger partial charge >= 0.3 is 118 Å². The molecule has 0 amide bonds. The van der Waals surface area contributed by atoms with Gasteiger partial charge in [0.2, 0.25) is 5.78 Å². The number of fused-ring (bicyclic) bond motifs is 3. The molecular weight excluding hydrogens is 1030 g/mol. The van der Waals surface area contributed by atoms with Crippen molar-refractivity contribution in [2.75, 3.05) is 10.7 Å². The van der Waals surface area contributed by atoms with Gasteiger partial charge in [-0.05, 0) is 109 Å². The van der Waals surface area contributed by atoms with Crippen molar-refractivity contribution in [3.8, 4) is 0 Å². The van der Waals surface area contributed by atoms with Crippen molar-refractivity contribution in [3.05, 3.63) is 149 Å². The van der Waals surface area contributed by atoms with Gasteiger partial charge in [0.05, 0.1) is 48.0 Å². The third-order valence-corrected chi connectivity index (χ3v) is 13.1. The second-order valence-electron chi connectivity index (χ2n) is 14.1. The number of hydrogen-bond acceptors (Lipinski definition) is 20. The summed E-state index contributed by atoms with van der Waals surface area (Å²) >= 11 is 0. The van der Waals surface area contributed by atoms with Gasteiger partial charge in [-0.1, -0.05) is 36.4 Å². The summed E-state index contributed by atoms with van der Waals surface area (Å²) < 4.78 is 145. The van der Waals surface area contributed by atoms with Crippen molar-refractivity contribution in [2.45, 2.75) is 14.7 Å². The predicted octanol–water partition coefficient (Wildman–Crippen LogP) is -4.15. The number of anilines is 3. The average Bonchev–Trinajstić information content (AvgIpc) is 3.26.